The fourth-order valence-electron chi connectivity index (χ4n) is 2.18. The molecule has 0 amide bonds. The number of hydrogen-bond donors (Lipinski definition) is 0. The van der Waals surface area contributed by atoms with Gasteiger partial charge in [-0.2, -0.15) is 4.40 Å². The highest BCUT2D eigenvalue weighted by Gasteiger charge is 2.01. The second-order valence-electron chi connectivity index (χ2n) is 4.87. The molecule has 3 heteroatoms. The molecule has 0 aromatic heterocycles. The summed E-state index contributed by atoms with van der Waals surface area (Å²) in [5.41, 5.74) is 2.13. The lowest BCUT2D eigenvalue weighted by molar-refractivity contribution is 0.684. The van der Waals surface area contributed by atoms with Gasteiger partial charge in [-0.15, -0.1) is 0 Å². The molecule has 3 rings (SSSR count). The summed E-state index contributed by atoms with van der Waals surface area (Å²) in [7, 11) is -1.37. The summed E-state index contributed by atoms with van der Waals surface area (Å²) in [5, 5.41) is 2.27. The molecule has 0 spiro atoms. The van der Waals surface area contributed by atoms with Crippen molar-refractivity contribution in [3.63, 3.8) is 0 Å². The second-order valence-corrected chi connectivity index (χ2v) is 6.05. The van der Waals surface area contributed by atoms with Crippen LogP contribution in [0.3, 0.4) is 0 Å². The number of rotatable bonds is 3. The van der Waals surface area contributed by atoms with E-state index in [2.05, 4.69) is 16.5 Å². The Labute approximate surface area is 126 Å². The molecule has 3 aromatic rings. The van der Waals surface area contributed by atoms with Crippen LogP contribution in [0.2, 0.25) is 0 Å². The van der Waals surface area contributed by atoms with E-state index in [-0.39, 0.29) is 0 Å². The zero-order valence-electron chi connectivity index (χ0n) is 11.7. The van der Waals surface area contributed by atoms with E-state index in [9.17, 15) is 4.21 Å². The Morgan fingerprint density at radius 3 is 2.43 bits per heavy atom. The van der Waals surface area contributed by atoms with Crippen LogP contribution >= 0.6 is 0 Å². The van der Waals surface area contributed by atoms with E-state index in [1.807, 2.05) is 61.5 Å². The van der Waals surface area contributed by atoms with Gasteiger partial charge in [-0.05, 0) is 29.8 Å². The number of benzene rings is 3. The van der Waals surface area contributed by atoms with Crippen LogP contribution in [-0.4, -0.2) is 10.4 Å². The van der Waals surface area contributed by atoms with E-state index < -0.39 is 11.0 Å². The third-order valence-electron chi connectivity index (χ3n) is 3.33. The van der Waals surface area contributed by atoms with Gasteiger partial charge in [-0.3, -0.25) is 0 Å². The molecule has 0 aliphatic carbocycles. The van der Waals surface area contributed by atoms with E-state index in [4.69, 9.17) is 0 Å². The lowest BCUT2D eigenvalue weighted by Crippen LogP contribution is -1.90. The Morgan fingerprint density at radius 2 is 1.62 bits per heavy atom. The molecular weight excluding hydrogens is 278 g/mol. The fourth-order valence-corrected chi connectivity index (χ4v) is 2.88. The topological polar surface area (TPSA) is 29.4 Å². The summed E-state index contributed by atoms with van der Waals surface area (Å²) in [6, 6.07) is 21.7. The lowest BCUT2D eigenvalue weighted by atomic mass is 10.1. The largest absolute Gasteiger partial charge is 0.229 e. The molecule has 0 radical (unpaired) electrons. The van der Waals surface area contributed by atoms with Crippen LogP contribution in [0, 0.1) is 6.92 Å². The van der Waals surface area contributed by atoms with Crippen molar-refractivity contribution in [1.29, 1.82) is 0 Å². The van der Waals surface area contributed by atoms with E-state index in [0.717, 1.165) is 26.8 Å². The molecule has 1 atom stereocenters. The van der Waals surface area contributed by atoms with Crippen molar-refractivity contribution >= 4 is 28.0 Å². The first kappa shape index (κ1) is 13.7. The molecule has 0 heterocycles. The minimum atomic E-state index is -1.37. The third kappa shape index (κ3) is 3.09. The maximum atomic E-state index is 12.2. The fraction of sp³-hybridized carbons (Fsp3) is 0.0556. The van der Waals surface area contributed by atoms with Gasteiger partial charge >= 0.3 is 0 Å². The van der Waals surface area contributed by atoms with Crippen LogP contribution in [0.5, 0.6) is 0 Å². The Balaban J connectivity index is 1.91. The van der Waals surface area contributed by atoms with Gasteiger partial charge in [0, 0.05) is 11.8 Å². The maximum Gasteiger partial charge on any atom is 0.172 e. The molecule has 0 fully saturated rings. The first-order chi connectivity index (χ1) is 10.2. The number of fused-ring (bicyclic) bond motifs is 1. The first-order valence-corrected chi connectivity index (χ1v) is 7.85. The summed E-state index contributed by atoms with van der Waals surface area (Å²) < 4.78 is 16.4. The maximum absolute atomic E-state index is 12.2. The van der Waals surface area contributed by atoms with Gasteiger partial charge < -0.3 is 0 Å². The van der Waals surface area contributed by atoms with Crippen LogP contribution in [0.25, 0.3) is 10.8 Å². The third-order valence-corrected chi connectivity index (χ3v) is 4.31. The Morgan fingerprint density at radius 1 is 0.905 bits per heavy atom. The molecule has 0 N–H and O–H groups in total. The van der Waals surface area contributed by atoms with E-state index in [1.165, 1.54) is 0 Å². The van der Waals surface area contributed by atoms with Crippen molar-refractivity contribution in [2.45, 2.75) is 11.8 Å². The molecule has 3 aromatic carbocycles. The SMILES string of the molecule is Cc1ccc([S@@](=O)N=Cc2cccc3ccccc23)cc1. The van der Waals surface area contributed by atoms with Crippen molar-refractivity contribution in [2.75, 3.05) is 0 Å². The average Bonchev–Trinajstić information content (AvgIpc) is 2.53. The molecule has 0 saturated carbocycles. The molecule has 104 valence electrons. The summed E-state index contributed by atoms with van der Waals surface area (Å²) in [4.78, 5) is 0.720. The van der Waals surface area contributed by atoms with Gasteiger partial charge in [0.15, 0.2) is 11.0 Å². The summed E-state index contributed by atoms with van der Waals surface area (Å²) in [6.07, 6.45) is 1.69. The van der Waals surface area contributed by atoms with Crippen molar-refractivity contribution in [3.8, 4) is 0 Å². The molecule has 0 unspecified atom stereocenters. The summed E-state index contributed by atoms with van der Waals surface area (Å²) in [6.45, 7) is 2.01. The molecule has 0 aliphatic heterocycles. The number of aryl methyl sites for hydroxylation is 1. The zero-order chi connectivity index (χ0) is 14.7. The quantitative estimate of drug-likeness (QED) is 0.662. The van der Waals surface area contributed by atoms with Gasteiger partial charge in [0.25, 0.3) is 0 Å². The van der Waals surface area contributed by atoms with E-state index in [0.29, 0.717) is 0 Å². The molecule has 0 bridgehead atoms. The van der Waals surface area contributed by atoms with Gasteiger partial charge in [0.1, 0.15) is 0 Å². The standard InChI is InChI=1S/C18H15NOS/c1-14-9-11-17(12-10-14)21(20)19-13-16-7-4-6-15-5-2-3-8-18(15)16/h2-13H,1H3/t21-/m1/s1. The minimum Gasteiger partial charge on any atom is -0.229 e. The van der Waals surface area contributed by atoms with E-state index in [1.54, 1.807) is 6.21 Å². The van der Waals surface area contributed by atoms with Crippen LogP contribution in [0.15, 0.2) is 76.0 Å². The molecule has 21 heavy (non-hydrogen) atoms. The number of hydrogen-bond acceptors (Lipinski definition) is 1. The normalized spacial score (nSPS) is 12.8. The Bertz CT molecular complexity index is 817. The molecule has 2 nitrogen and oxygen atoms in total. The highest BCUT2D eigenvalue weighted by Crippen LogP contribution is 2.17. The average molecular weight is 293 g/mol. The van der Waals surface area contributed by atoms with Crippen LogP contribution in [0.1, 0.15) is 11.1 Å². The Kier molecular flexibility index (Phi) is 3.93. The minimum absolute atomic E-state index is 0.720. The zero-order valence-corrected chi connectivity index (χ0v) is 12.5. The predicted molar refractivity (Wildman–Crippen MR) is 89.1 cm³/mol. The van der Waals surface area contributed by atoms with Crippen molar-refractivity contribution in [3.05, 3.63) is 77.9 Å². The predicted octanol–water partition coefficient (Wildman–Crippen LogP) is 4.29. The highest BCUT2D eigenvalue weighted by molar-refractivity contribution is 7.83. The molecule has 0 aliphatic rings. The van der Waals surface area contributed by atoms with Gasteiger partial charge in [0.2, 0.25) is 0 Å². The van der Waals surface area contributed by atoms with Gasteiger partial charge in [-0.25, -0.2) is 4.21 Å². The second kappa shape index (κ2) is 6.02. The van der Waals surface area contributed by atoms with Crippen molar-refractivity contribution in [1.82, 2.24) is 0 Å². The lowest BCUT2D eigenvalue weighted by Gasteiger charge is -2.01. The smallest absolute Gasteiger partial charge is 0.172 e. The van der Waals surface area contributed by atoms with Crippen LogP contribution in [0.4, 0.5) is 0 Å². The van der Waals surface area contributed by atoms with Gasteiger partial charge in [-0.1, -0.05) is 60.2 Å². The molecular formula is C18H15NOS. The summed E-state index contributed by atoms with van der Waals surface area (Å²) >= 11 is 0. The van der Waals surface area contributed by atoms with Gasteiger partial charge in [0.05, 0.1) is 4.90 Å². The van der Waals surface area contributed by atoms with Crippen LogP contribution in [-0.2, 0) is 11.0 Å². The van der Waals surface area contributed by atoms with E-state index >= 15 is 0 Å². The molecule has 0 saturated heterocycles. The van der Waals surface area contributed by atoms with Crippen molar-refractivity contribution in [2.24, 2.45) is 4.40 Å². The highest BCUT2D eigenvalue weighted by atomic mass is 32.2. The summed E-state index contributed by atoms with van der Waals surface area (Å²) in [5.74, 6) is 0. The van der Waals surface area contributed by atoms with Crippen LogP contribution < -0.4 is 0 Å². The van der Waals surface area contributed by atoms with Crippen molar-refractivity contribution < 1.29 is 4.21 Å². The first-order valence-electron chi connectivity index (χ1n) is 6.74. The Hall–Kier alpha value is -2.26. The number of nitrogens with zero attached hydrogens (tertiary/aromatic N) is 1. The monoisotopic (exact) mass is 293 g/mol.